The lowest BCUT2D eigenvalue weighted by Gasteiger charge is -2.26. The first-order valence-electron chi connectivity index (χ1n) is 8.40. The van der Waals surface area contributed by atoms with Gasteiger partial charge in [0.25, 0.3) is 0 Å². The van der Waals surface area contributed by atoms with E-state index >= 15 is 0 Å². The van der Waals surface area contributed by atoms with Crippen LogP contribution in [0.5, 0.6) is 5.75 Å². The highest BCUT2D eigenvalue weighted by molar-refractivity contribution is 6.31. The number of benzene rings is 2. The minimum Gasteiger partial charge on any atom is -0.490 e. The summed E-state index contributed by atoms with van der Waals surface area (Å²) in [6, 6.07) is 12.8. The van der Waals surface area contributed by atoms with Gasteiger partial charge in [-0.1, -0.05) is 35.9 Å². The summed E-state index contributed by atoms with van der Waals surface area (Å²) in [5.41, 5.74) is 7.47. The molecule has 0 saturated carbocycles. The second kappa shape index (κ2) is 8.87. The first-order chi connectivity index (χ1) is 12.0. The number of aryl methyl sites for hydroxylation is 1. The van der Waals surface area contributed by atoms with E-state index in [9.17, 15) is 4.79 Å². The fourth-order valence-electron chi connectivity index (χ4n) is 2.95. The predicted octanol–water partition coefficient (Wildman–Crippen LogP) is 4.03. The molecule has 0 spiro atoms. The van der Waals surface area contributed by atoms with Crippen LogP contribution in [0.1, 0.15) is 29.5 Å². The highest BCUT2D eigenvalue weighted by atomic mass is 35.5. The zero-order valence-corrected chi connectivity index (χ0v) is 16.2. The maximum atomic E-state index is 11.8. The lowest BCUT2D eigenvalue weighted by atomic mass is 9.85. The van der Waals surface area contributed by atoms with E-state index in [1.54, 1.807) is 6.07 Å². The van der Waals surface area contributed by atoms with Crippen LogP contribution >= 0.6 is 24.0 Å². The number of halogens is 2. The Morgan fingerprint density at radius 3 is 2.35 bits per heavy atom. The van der Waals surface area contributed by atoms with Gasteiger partial charge >= 0.3 is 0 Å². The molecule has 3 rings (SSSR count). The molecule has 0 aliphatic carbocycles. The molecule has 6 heteroatoms. The minimum absolute atomic E-state index is 0. The van der Waals surface area contributed by atoms with E-state index < -0.39 is 5.54 Å². The molecule has 1 atom stereocenters. The summed E-state index contributed by atoms with van der Waals surface area (Å²) in [7, 11) is 0. The molecule has 1 aliphatic heterocycles. The van der Waals surface area contributed by atoms with Crippen molar-refractivity contribution in [3.05, 3.63) is 64.2 Å². The molecule has 0 amide bonds. The normalized spacial score (nSPS) is 17.0. The van der Waals surface area contributed by atoms with E-state index in [1.807, 2.05) is 43.3 Å². The molecule has 1 aliphatic rings. The van der Waals surface area contributed by atoms with Gasteiger partial charge in [-0.25, -0.2) is 0 Å². The van der Waals surface area contributed by atoms with Crippen molar-refractivity contribution in [3.63, 3.8) is 0 Å². The van der Waals surface area contributed by atoms with Gasteiger partial charge in [-0.05, 0) is 41.8 Å². The van der Waals surface area contributed by atoms with Crippen LogP contribution in [0.3, 0.4) is 0 Å². The minimum atomic E-state index is -1.24. The second-order valence-corrected chi connectivity index (χ2v) is 6.81. The SMILES string of the molecule is Cc1ccc(C(N)(C=O)c2ccc(OC3CCOCC3)cc2)cc1Cl.Cl. The summed E-state index contributed by atoms with van der Waals surface area (Å²) in [5, 5.41) is 0.591. The second-order valence-electron chi connectivity index (χ2n) is 6.40. The molecule has 1 saturated heterocycles. The summed E-state index contributed by atoms with van der Waals surface area (Å²) in [5.74, 6) is 0.769. The summed E-state index contributed by atoms with van der Waals surface area (Å²) in [6.07, 6.45) is 2.70. The number of rotatable bonds is 5. The maximum absolute atomic E-state index is 11.8. The monoisotopic (exact) mass is 395 g/mol. The largest absolute Gasteiger partial charge is 0.490 e. The van der Waals surface area contributed by atoms with Crippen LogP contribution in [0.15, 0.2) is 42.5 Å². The Kier molecular flexibility index (Phi) is 7.07. The molecule has 2 aromatic carbocycles. The predicted molar refractivity (Wildman–Crippen MR) is 105 cm³/mol. The number of hydrogen-bond acceptors (Lipinski definition) is 4. The molecule has 140 valence electrons. The first kappa shape index (κ1) is 20.7. The van der Waals surface area contributed by atoms with E-state index in [0.29, 0.717) is 16.1 Å². The average molecular weight is 396 g/mol. The molecule has 2 N–H and O–H groups in total. The Morgan fingerprint density at radius 2 is 1.77 bits per heavy atom. The van der Waals surface area contributed by atoms with Crippen molar-refractivity contribution in [2.24, 2.45) is 5.73 Å². The summed E-state index contributed by atoms with van der Waals surface area (Å²) in [4.78, 5) is 11.8. The van der Waals surface area contributed by atoms with Crippen LogP contribution in [0, 0.1) is 6.92 Å². The van der Waals surface area contributed by atoms with Crippen molar-refractivity contribution in [1.29, 1.82) is 0 Å². The van der Waals surface area contributed by atoms with Crippen molar-refractivity contribution in [1.82, 2.24) is 0 Å². The fourth-order valence-corrected chi connectivity index (χ4v) is 3.13. The Bertz CT molecular complexity index is 745. The van der Waals surface area contributed by atoms with E-state index in [1.165, 1.54) is 0 Å². The molecule has 1 heterocycles. The average Bonchev–Trinajstić information content (AvgIpc) is 2.65. The number of nitrogens with two attached hydrogens (primary N) is 1. The van der Waals surface area contributed by atoms with Gasteiger partial charge in [-0.3, -0.25) is 0 Å². The van der Waals surface area contributed by atoms with Crippen molar-refractivity contribution >= 4 is 30.3 Å². The van der Waals surface area contributed by atoms with E-state index in [0.717, 1.165) is 43.7 Å². The third-order valence-corrected chi connectivity index (χ3v) is 5.05. The molecule has 4 nitrogen and oxygen atoms in total. The molecule has 0 radical (unpaired) electrons. The Balaban J connectivity index is 0.00000243. The van der Waals surface area contributed by atoms with E-state index in [2.05, 4.69) is 0 Å². The van der Waals surface area contributed by atoms with Crippen LogP contribution in [0.4, 0.5) is 0 Å². The van der Waals surface area contributed by atoms with Crippen molar-refractivity contribution in [3.8, 4) is 5.75 Å². The van der Waals surface area contributed by atoms with Gasteiger partial charge in [-0.2, -0.15) is 0 Å². The molecule has 0 bridgehead atoms. The van der Waals surface area contributed by atoms with Gasteiger partial charge in [0.1, 0.15) is 23.7 Å². The highest BCUT2D eigenvalue weighted by Gasteiger charge is 2.30. The molecule has 26 heavy (non-hydrogen) atoms. The van der Waals surface area contributed by atoms with Crippen LogP contribution < -0.4 is 10.5 Å². The Hall–Kier alpha value is -1.59. The number of ether oxygens (including phenoxy) is 2. The van der Waals surface area contributed by atoms with E-state index in [4.69, 9.17) is 26.8 Å². The topological polar surface area (TPSA) is 61.6 Å². The van der Waals surface area contributed by atoms with Crippen LogP contribution in [0.25, 0.3) is 0 Å². The molecular weight excluding hydrogens is 373 g/mol. The van der Waals surface area contributed by atoms with Crippen molar-refractivity contribution in [2.75, 3.05) is 13.2 Å². The third-order valence-electron chi connectivity index (χ3n) is 4.64. The van der Waals surface area contributed by atoms with Crippen LogP contribution in [0.2, 0.25) is 5.02 Å². The van der Waals surface area contributed by atoms with E-state index in [-0.39, 0.29) is 18.5 Å². The van der Waals surface area contributed by atoms with Gasteiger partial charge in [0.05, 0.1) is 13.2 Å². The lowest BCUT2D eigenvalue weighted by molar-refractivity contribution is -0.111. The highest BCUT2D eigenvalue weighted by Crippen LogP contribution is 2.30. The third kappa shape index (κ3) is 4.38. The number of carbonyl (C=O) groups is 1. The van der Waals surface area contributed by atoms with Gasteiger partial charge in [0, 0.05) is 17.9 Å². The van der Waals surface area contributed by atoms with Gasteiger partial charge in [0.2, 0.25) is 0 Å². The molecule has 2 aromatic rings. The van der Waals surface area contributed by atoms with Crippen LogP contribution in [-0.4, -0.2) is 25.6 Å². The number of hydrogen-bond donors (Lipinski definition) is 1. The quantitative estimate of drug-likeness (QED) is 0.776. The molecular formula is C20H23Cl2NO3. The molecule has 1 fully saturated rings. The summed E-state index contributed by atoms with van der Waals surface area (Å²) in [6.45, 7) is 3.37. The van der Waals surface area contributed by atoms with Gasteiger partial charge in [-0.15, -0.1) is 12.4 Å². The first-order valence-corrected chi connectivity index (χ1v) is 8.77. The number of carbonyl (C=O) groups excluding carboxylic acids is 1. The maximum Gasteiger partial charge on any atom is 0.148 e. The molecule has 1 unspecified atom stereocenters. The Labute approximate surface area is 165 Å². The number of aldehydes is 1. The van der Waals surface area contributed by atoms with Crippen LogP contribution in [-0.2, 0) is 15.1 Å². The summed E-state index contributed by atoms with van der Waals surface area (Å²) >= 11 is 6.20. The smallest absolute Gasteiger partial charge is 0.148 e. The fraction of sp³-hybridized carbons (Fsp3) is 0.350. The van der Waals surface area contributed by atoms with Crippen molar-refractivity contribution < 1.29 is 14.3 Å². The zero-order chi connectivity index (χ0) is 17.9. The lowest BCUT2D eigenvalue weighted by Crippen LogP contribution is -2.39. The zero-order valence-electron chi connectivity index (χ0n) is 14.6. The van der Waals surface area contributed by atoms with Gasteiger partial charge < -0.3 is 20.0 Å². The molecule has 0 aromatic heterocycles. The summed E-state index contributed by atoms with van der Waals surface area (Å²) < 4.78 is 11.3. The standard InChI is InChI=1S/C20H22ClNO3.ClH/c1-14-2-3-16(12-19(14)21)20(22,13-23)15-4-6-17(7-5-15)25-18-8-10-24-11-9-18;/h2-7,12-13,18H,8-11,22H2,1H3;1H. The van der Waals surface area contributed by atoms with Crippen molar-refractivity contribution in [2.45, 2.75) is 31.4 Å². The van der Waals surface area contributed by atoms with Gasteiger partial charge in [0.15, 0.2) is 0 Å². The Morgan fingerprint density at radius 1 is 1.15 bits per heavy atom.